The first-order valence-electron chi connectivity index (χ1n) is 5.83. The van der Waals surface area contributed by atoms with Crippen LogP contribution in [0.3, 0.4) is 0 Å². The van der Waals surface area contributed by atoms with E-state index >= 15 is 0 Å². The van der Waals surface area contributed by atoms with Crippen LogP contribution in [0.2, 0.25) is 0 Å². The molecule has 104 valence electrons. The highest BCUT2D eigenvalue weighted by Crippen LogP contribution is 2.52. The van der Waals surface area contributed by atoms with Crippen molar-refractivity contribution >= 4 is 15.9 Å². The first-order chi connectivity index (χ1) is 9.41. The van der Waals surface area contributed by atoms with Gasteiger partial charge in [-0.2, -0.15) is 0 Å². The van der Waals surface area contributed by atoms with E-state index < -0.39 is 40.6 Å². The van der Waals surface area contributed by atoms with Crippen molar-refractivity contribution < 1.29 is 22.0 Å². The summed E-state index contributed by atoms with van der Waals surface area (Å²) in [5.41, 5.74) is 5.24. The summed E-state index contributed by atoms with van der Waals surface area (Å²) in [7, 11) is 0. The van der Waals surface area contributed by atoms with Crippen molar-refractivity contribution in [1.29, 1.82) is 0 Å². The van der Waals surface area contributed by atoms with Gasteiger partial charge in [-0.1, -0.05) is 11.5 Å². The maximum absolute atomic E-state index is 13.7. The van der Waals surface area contributed by atoms with Gasteiger partial charge in [0.2, 0.25) is 5.82 Å². The van der Waals surface area contributed by atoms with Crippen LogP contribution in [0.5, 0.6) is 0 Å². The molecule has 0 bridgehead atoms. The van der Waals surface area contributed by atoms with Gasteiger partial charge in [-0.05, 0) is 40.3 Å². The van der Waals surface area contributed by atoms with Gasteiger partial charge >= 0.3 is 0 Å². The van der Waals surface area contributed by atoms with Crippen LogP contribution < -0.4 is 0 Å². The van der Waals surface area contributed by atoms with Gasteiger partial charge < -0.3 is 0 Å². The predicted octanol–water partition coefficient (Wildman–Crippen LogP) is 4.85. The van der Waals surface area contributed by atoms with Crippen molar-refractivity contribution in [1.82, 2.24) is 0 Å². The molecule has 2 atom stereocenters. The molecule has 1 aromatic rings. The van der Waals surface area contributed by atoms with Gasteiger partial charge in [0.25, 0.3) is 0 Å². The van der Waals surface area contributed by atoms with Crippen LogP contribution >= 0.6 is 15.9 Å². The van der Waals surface area contributed by atoms with Crippen LogP contribution in [0, 0.1) is 35.0 Å². The zero-order valence-electron chi connectivity index (χ0n) is 9.84. The number of rotatable bonds is 1. The zero-order valence-corrected chi connectivity index (χ0v) is 11.4. The smallest absolute Gasteiger partial charge is 0.200 e. The molecule has 1 saturated carbocycles. The van der Waals surface area contributed by atoms with Crippen molar-refractivity contribution in [2.45, 2.75) is 18.8 Å². The second-order valence-electron chi connectivity index (χ2n) is 4.78. The highest BCUT2D eigenvalue weighted by molar-refractivity contribution is 9.11. The Morgan fingerprint density at radius 1 is 0.850 bits per heavy atom. The monoisotopic (exact) mass is 348 g/mol. The Bertz CT molecular complexity index is 695. The summed E-state index contributed by atoms with van der Waals surface area (Å²) >= 11 is 3.24. The molecule has 3 rings (SSSR count). The van der Waals surface area contributed by atoms with Crippen LogP contribution in [0.15, 0.2) is 21.5 Å². The van der Waals surface area contributed by atoms with E-state index in [2.05, 4.69) is 27.4 Å². The molecule has 0 aromatic heterocycles. The number of fused-ring (bicyclic) bond motifs is 1. The first kappa shape index (κ1) is 13.6. The van der Waals surface area contributed by atoms with Gasteiger partial charge in [0, 0.05) is 16.0 Å². The molecule has 1 aromatic carbocycles. The van der Waals surface area contributed by atoms with Gasteiger partial charge in [0.15, 0.2) is 23.3 Å². The summed E-state index contributed by atoms with van der Waals surface area (Å²) < 4.78 is 67.6. The molecule has 2 unspecified atom stereocenters. The van der Waals surface area contributed by atoms with Gasteiger partial charge in [-0.25, -0.2) is 22.0 Å². The number of benzene rings is 1. The number of allylic oxidation sites excluding steroid dienone is 2. The Morgan fingerprint density at radius 2 is 1.40 bits per heavy atom. The molecule has 2 aliphatic carbocycles. The molecule has 0 heterocycles. The highest BCUT2D eigenvalue weighted by atomic mass is 79.9. The third-order valence-electron chi connectivity index (χ3n) is 3.70. The van der Waals surface area contributed by atoms with Gasteiger partial charge in [0.05, 0.1) is 0 Å². The summed E-state index contributed by atoms with van der Waals surface area (Å²) in [4.78, 5) is 0. The first-order valence-corrected chi connectivity index (χ1v) is 6.62. The maximum Gasteiger partial charge on any atom is 0.200 e. The lowest BCUT2D eigenvalue weighted by Crippen LogP contribution is -2.29. The normalized spacial score (nSPS) is 23.9. The average Bonchev–Trinajstić information content (AvgIpc) is 2.40. The molecular formula is C14H6BrF5. The minimum Gasteiger partial charge on any atom is -0.203 e. The standard InChI is InChI=1S/C14H6BrF5/c15-6-1-2-7-5(3-6)4-8(7)9-10(16)12(18)14(20)13(19)11(9)17/h5,8H,3-4H2. The summed E-state index contributed by atoms with van der Waals surface area (Å²) in [6.07, 6.45) is 0.936. The molecule has 0 amide bonds. The van der Waals surface area contributed by atoms with E-state index in [0.717, 1.165) is 4.48 Å². The van der Waals surface area contributed by atoms with E-state index in [9.17, 15) is 22.0 Å². The minimum absolute atomic E-state index is 0.0191. The summed E-state index contributed by atoms with van der Waals surface area (Å²) in [5.74, 6) is -10.3. The fourth-order valence-electron chi connectivity index (χ4n) is 2.65. The largest absolute Gasteiger partial charge is 0.203 e. The second-order valence-corrected chi connectivity index (χ2v) is 5.74. The van der Waals surface area contributed by atoms with Gasteiger partial charge in [-0.15, -0.1) is 0 Å². The van der Waals surface area contributed by atoms with E-state index in [1.807, 2.05) is 0 Å². The van der Waals surface area contributed by atoms with Crippen molar-refractivity contribution in [2.75, 3.05) is 0 Å². The third kappa shape index (κ3) is 1.80. The van der Waals surface area contributed by atoms with Crippen molar-refractivity contribution in [3.8, 4) is 0 Å². The van der Waals surface area contributed by atoms with Crippen LogP contribution in [0.1, 0.15) is 24.3 Å². The Kier molecular flexibility index (Phi) is 3.13. The fraction of sp³-hybridized carbons (Fsp3) is 0.286. The molecule has 0 radical (unpaired) electrons. The summed E-state index contributed by atoms with van der Waals surface area (Å²) in [6.45, 7) is 0. The molecule has 2 aliphatic rings. The van der Waals surface area contributed by atoms with E-state index in [-0.39, 0.29) is 5.92 Å². The molecule has 20 heavy (non-hydrogen) atoms. The van der Waals surface area contributed by atoms with Crippen molar-refractivity contribution in [3.05, 3.63) is 56.2 Å². The third-order valence-corrected chi connectivity index (χ3v) is 4.22. The molecule has 0 N–H and O–H groups in total. The molecule has 0 nitrogen and oxygen atoms in total. The lowest BCUT2D eigenvalue weighted by Gasteiger charge is -2.38. The molecular weight excluding hydrogens is 343 g/mol. The van der Waals surface area contributed by atoms with E-state index in [1.165, 1.54) is 0 Å². The van der Waals surface area contributed by atoms with E-state index in [4.69, 9.17) is 0 Å². The van der Waals surface area contributed by atoms with Crippen LogP contribution in [-0.2, 0) is 0 Å². The average molecular weight is 349 g/mol. The number of hydrogen-bond donors (Lipinski definition) is 0. The zero-order chi connectivity index (χ0) is 14.6. The minimum atomic E-state index is -2.13. The second kappa shape index (κ2) is 4.59. The Morgan fingerprint density at radius 3 is 1.95 bits per heavy atom. The highest BCUT2D eigenvalue weighted by Gasteiger charge is 2.42. The fourth-order valence-corrected chi connectivity index (χ4v) is 3.14. The molecule has 6 heteroatoms. The lowest BCUT2D eigenvalue weighted by atomic mass is 9.65. The molecule has 0 saturated heterocycles. The predicted molar refractivity (Wildman–Crippen MR) is 64.7 cm³/mol. The Balaban J connectivity index is 2.17. The lowest BCUT2D eigenvalue weighted by molar-refractivity contribution is 0.331. The molecule has 0 aliphatic heterocycles. The quantitative estimate of drug-likeness (QED) is 0.294. The molecule has 0 spiro atoms. The van der Waals surface area contributed by atoms with Crippen molar-refractivity contribution in [3.63, 3.8) is 0 Å². The summed E-state index contributed by atoms with van der Waals surface area (Å²) in [6, 6.07) is 0. The van der Waals surface area contributed by atoms with Crippen LogP contribution in [-0.4, -0.2) is 0 Å². The Labute approximate surface area is 119 Å². The number of halogens is 6. The SMILES string of the molecule is Fc1c(F)c(F)c(C2CC3CC(Br)=C=C=C32)c(F)c1F. The summed E-state index contributed by atoms with van der Waals surface area (Å²) in [5, 5.41) is 0. The topological polar surface area (TPSA) is 0 Å². The van der Waals surface area contributed by atoms with Crippen LogP contribution in [0.25, 0.3) is 0 Å². The Hall–Kier alpha value is -1.35. The molecule has 1 fully saturated rings. The van der Waals surface area contributed by atoms with Gasteiger partial charge in [-0.3, -0.25) is 0 Å². The van der Waals surface area contributed by atoms with E-state index in [1.54, 1.807) is 0 Å². The van der Waals surface area contributed by atoms with E-state index in [0.29, 0.717) is 18.4 Å². The van der Waals surface area contributed by atoms with Crippen molar-refractivity contribution in [2.24, 2.45) is 5.92 Å². The maximum atomic E-state index is 13.7. The van der Waals surface area contributed by atoms with Gasteiger partial charge in [0.1, 0.15) is 0 Å². The number of hydrogen-bond acceptors (Lipinski definition) is 0. The van der Waals surface area contributed by atoms with Crippen LogP contribution in [0.4, 0.5) is 22.0 Å².